The lowest BCUT2D eigenvalue weighted by atomic mass is 10.1. The van der Waals surface area contributed by atoms with Crippen LogP contribution in [0.25, 0.3) is 0 Å². The van der Waals surface area contributed by atoms with Gasteiger partial charge in [0.25, 0.3) is 0 Å². The van der Waals surface area contributed by atoms with Gasteiger partial charge in [0, 0.05) is 24.0 Å². The van der Waals surface area contributed by atoms with Gasteiger partial charge in [-0.2, -0.15) is 13.2 Å². The number of alkyl halides is 3. The molecule has 2 aromatic carbocycles. The number of carbonyl (C=O) groups is 1. The van der Waals surface area contributed by atoms with E-state index in [2.05, 4.69) is 15.6 Å². The first-order valence-corrected chi connectivity index (χ1v) is 11.2. The van der Waals surface area contributed by atoms with Crippen molar-refractivity contribution in [2.45, 2.75) is 24.5 Å². The molecule has 4 rings (SSSR count). The molecular weight excluding hydrogens is 437 g/mol. The molecule has 0 bridgehead atoms. The van der Waals surface area contributed by atoms with E-state index in [0.29, 0.717) is 24.3 Å². The molecule has 32 heavy (non-hydrogen) atoms. The molecule has 2 amide bonds. The fourth-order valence-corrected chi connectivity index (χ4v) is 4.32. The van der Waals surface area contributed by atoms with Crippen molar-refractivity contribution in [1.82, 2.24) is 4.98 Å². The number of halogens is 3. The number of hydrogen-bond acceptors (Lipinski definition) is 4. The zero-order valence-corrected chi connectivity index (χ0v) is 18.0. The molecular formula is C23H21F3N4OS. The summed E-state index contributed by atoms with van der Waals surface area (Å²) in [5.74, 6) is 0. The molecule has 1 aliphatic heterocycles. The fraction of sp³-hybridized carbons (Fsp3) is 0.217. The van der Waals surface area contributed by atoms with Crippen LogP contribution in [0.15, 0.2) is 66.9 Å². The van der Waals surface area contributed by atoms with Gasteiger partial charge >= 0.3 is 12.2 Å². The number of rotatable bonds is 5. The Morgan fingerprint density at radius 2 is 1.88 bits per heavy atom. The van der Waals surface area contributed by atoms with Crippen LogP contribution in [0, 0.1) is 0 Å². The van der Waals surface area contributed by atoms with Crippen LogP contribution in [-0.2, 0) is 19.1 Å². The molecule has 166 valence electrons. The number of benzene rings is 2. The highest BCUT2D eigenvalue weighted by Gasteiger charge is 2.37. The number of fused-ring (bicyclic) bond motifs is 1. The number of amides is 2. The Hall–Kier alpha value is -3.20. The molecule has 0 saturated carbocycles. The molecule has 0 spiro atoms. The zero-order valence-electron chi connectivity index (χ0n) is 17.2. The molecule has 5 nitrogen and oxygen atoms in total. The van der Waals surface area contributed by atoms with Gasteiger partial charge in [-0.15, -0.1) is 11.8 Å². The molecule has 0 saturated heterocycles. The van der Waals surface area contributed by atoms with E-state index >= 15 is 0 Å². The molecule has 0 radical (unpaired) electrons. The first-order valence-electron chi connectivity index (χ1n) is 9.92. The lowest BCUT2D eigenvalue weighted by Gasteiger charge is -2.25. The number of anilines is 3. The second-order valence-electron chi connectivity index (χ2n) is 7.29. The van der Waals surface area contributed by atoms with Crippen molar-refractivity contribution in [1.29, 1.82) is 0 Å². The van der Waals surface area contributed by atoms with Crippen LogP contribution >= 0.6 is 11.8 Å². The first kappa shape index (κ1) is 22.0. The second kappa shape index (κ2) is 9.12. The van der Waals surface area contributed by atoms with E-state index in [-0.39, 0.29) is 5.37 Å². The third kappa shape index (κ3) is 4.83. The summed E-state index contributed by atoms with van der Waals surface area (Å²) in [5.41, 5.74) is 2.57. The van der Waals surface area contributed by atoms with Gasteiger partial charge < -0.3 is 10.6 Å². The van der Waals surface area contributed by atoms with Gasteiger partial charge in [0.15, 0.2) is 0 Å². The van der Waals surface area contributed by atoms with Gasteiger partial charge in [-0.3, -0.25) is 9.88 Å². The highest BCUT2D eigenvalue weighted by atomic mass is 32.2. The van der Waals surface area contributed by atoms with Crippen LogP contribution in [0.2, 0.25) is 0 Å². The number of pyridine rings is 1. The number of nitrogens with one attached hydrogen (secondary N) is 2. The largest absolute Gasteiger partial charge is 0.416 e. The van der Waals surface area contributed by atoms with Gasteiger partial charge in [-0.25, -0.2) is 4.79 Å². The van der Waals surface area contributed by atoms with Crippen molar-refractivity contribution >= 4 is 34.9 Å². The predicted octanol–water partition coefficient (Wildman–Crippen LogP) is 6.00. The Labute approximate surface area is 188 Å². The normalized spacial score (nSPS) is 15.4. The van der Waals surface area contributed by atoms with Crippen molar-refractivity contribution in [3.63, 3.8) is 0 Å². The van der Waals surface area contributed by atoms with Gasteiger partial charge in [0.05, 0.1) is 28.9 Å². The molecule has 1 atom stereocenters. The van der Waals surface area contributed by atoms with Crippen molar-refractivity contribution in [3.05, 3.63) is 83.7 Å². The van der Waals surface area contributed by atoms with Gasteiger partial charge in [-0.1, -0.05) is 12.1 Å². The summed E-state index contributed by atoms with van der Waals surface area (Å²) < 4.78 is 39.6. The molecule has 1 aromatic heterocycles. The first-order chi connectivity index (χ1) is 15.3. The van der Waals surface area contributed by atoms with Crippen LogP contribution in [0.1, 0.15) is 16.8 Å². The number of carbonyl (C=O) groups excluding carboxylic acids is 1. The number of aromatic nitrogens is 1. The fourth-order valence-electron chi connectivity index (χ4n) is 3.55. The molecule has 0 aliphatic carbocycles. The SMILES string of the molecule is CSC1Cc2ccc(C(F)(F)F)cc2N1C(=O)Nc1ccc(NCc2ccccn2)cc1. The van der Waals surface area contributed by atoms with E-state index in [4.69, 9.17) is 0 Å². The van der Waals surface area contributed by atoms with E-state index in [0.717, 1.165) is 29.1 Å². The average molecular weight is 459 g/mol. The van der Waals surface area contributed by atoms with E-state index < -0.39 is 17.8 Å². The Bertz CT molecular complexity index is 1090. The monoisotopic (exact) mass is 458 g/mol. The molecule has 3 aromatic rings. The molecule has 2 heterocycles. The zero-order chi connectivity index (χ0) is 22.7. The number of thioether (sulfide) groups is 1. The minimum absolute atomic E-state index is 0.271. The molecule has 1 unspecified atom stereocenters. The van der Waals surface area contributed by atoms with E-state index in [1.54, 1.807) is 18.3 Å². The van der Waals surface area contributed by atoms with E-state index in [9.17, 15) is 18.0 Å². The van der Waals surface area contributed by atoms with Crippen molar-refractivity contribution in [2.75, 3.05) is 21.8 Å². The standard InChI is InChI=1S/C23H21F3N4OS/c1-32-21-12-15-5-6-16(23(24,25)26)13-20(15)30(21)22(31)29-18-9-7-17(8-10-18)28-14-19-4-2-3-11-27-19/h2-11,13,21,28H,12,14H2,1H3,(H,29,31). The minimum Gasteiger partial charge on any atom is -0.379 e. The van der Waals surface area contributed by atoms with Crippen LogP contribution in [0.3, 0.4) is 0 Å². The van der Waals surface area contributed by atoms with Crippen LogP contribution in [0.5, 0.6) is 0 Å². The third-order valence-electron chi connectivity index (χ3n) is 5.18. The van der Waals surface area contributed by atoms with Crippen molar-refractivity contribution < 1.29 is 18.0 Å². The molecule has 0 fully saturated rings. The maximum absolute atomic E-state index is 13.2. The number of urea groups is 1. The number of hydrogen-bond donors (Lipinski definition) is 2. The molecule has 1 aliphatic rings. The van der Waals surface area contributed by atoms with Crippen LogP contribution < -0.4 is 15.5 Å². The Kier molecular flexibility index (Phi) is 6.27. The van der Waals surface area contributed by atoms with E-state index in [1.165, 1.54) is 22.7 Å². The summed E-state index contributed by atoms with van der Waals surface area (Å²) in [6, 6.07) is 15.9. The predicted molar refractivity (Wildman–Crippen MR) is 122 cm³/mol. The Morgan fingerprint density at radius 3 is 2.53 bits per heavy atom. The summed E-state index contributed by atoms with van der Waals surface area (Å²) in [7, 11) is 0. The van der Waals surface area contributed by atoms with Crippen LogP contribution in [0.4, 0.5) is 35.0 Å². The number of nitrogens with zero attached hydrogens (tertiary/aromatic N) is 2. The van der Waals surface area contributed by atoms with Gasteiger partial charge in [-0.05, 0) is 60.4 Å². The smallest absolute Gasteiger partial charge is 0.379 e. The molecule has 2 N–H and O–H groups in total. The van der Waals surface area contributed by atoms with Crippen molar-refractivity contribution in [3.8, 4) is 0 Å². The summed E-state index contributed by atoms with van der Waals surface area (Å²) in [4.78, 5) is 18.7. The molecule has 9 heteroatoms. The highest BCUT2D eigenvalue weighted by molar-refractivity contribution is 7.99. The quantitative estimate of drug-likeness (QED) is 0.493. The van der Waals surface area contributed by atoms with Crippen molar-refractivity contribution in [2.24, 2.45) is 0 Å². The second-order valence-corrected chi connectivity index (χ2v) is 8.30. The van der Waals surface area contributed by atoms with Crippen LogP contribution in [-0.4, -0.2) is 22.6 Å². The average Bonchev–Trinajstić information content (AvgIpc) is 3.17. The summed E-state index contributed by atoms with van der Waals surface area (Å²) in [5, 5.41) is 5.78. The maximum atomic E-state index is 13.2. The Morgan fingerprint density at radius 1 is 1.12 bits per heavy atom. The van der Waals surface area contributed by atoms with Gasteiger partial charge in [0.1, 0.15) is 0 Å². The lowest BCUT2D eigenvalue weighted by molar-refractivity contribution is -0.137. The lowest BCUT2D eigenvalue weighted by Crippen LogP contribution is -2.39. The third-order valence-corrected chi connectivity index (χ3v) is 6.10. The topological polar surface area (TPSA) is 57.3 Å². The summed E-state index contributed by atoms with van der Waals surface area (Å²) in [6.45, 7) is 0.564. The highest BCUT2D eigenvalue weighted by Crippen LogP contribution is 2.40. The maximum Gasteiger partial charge on any atom is 0.416 e. The summed E-state index contributed by atoms with van der Waals surface area (Å²) in [6.07, 6.45) is -0.402. The minimum atomic E-state index is -4.47. The van der Waals surface area contributed by atoms with Gasteiger partial charge in [0.2, 0.25) is 0 Å². The summed E-state index contributed by atoms with van der Waals surface area (Å²) >= 11 is 1.42. The Balaban J connectivity index is 1.46. The van der Waals surface area contributed by atoms with E-state index in [1.807, 2.05) is 36.6 Å².